The van der Waals surface area contributed by atoms with E-state index in [1.54, 1.807) is 0 Å². The second-order valence-electron chi connectivity index (χ2n) is 4.33. The molecule has 17 heavy (non-hydrogen) atoms. The standard InChI is InChI=1S/C12H23N3OS/c1-4-6-7-10(13)12-14-11(15-16-12)8-17-9(3)5-2/h9-10H,4-8,13H2,1-3H3. The van der Waals surface area contributed by atoms with Gasteiger partial charge in [-0.3, -0.25) is 0 Å². The minimum atomic E-state index is -0.107. The first-order valence-electron chi connectivity index (χ1n) is 6.37. The van der Waals surface area contributed by atoms with Crippen molar-refractivity contribution < 1.29 is 4.52 Å². The largest absolute Gasteiger partial charge is 0.338 e. The highest BCUT2D eigenvalue weighted by atomic mass is 32.2. The van der Waals surface area contributed by atoms with E-state index in [9.17, 15) is 0 Å². The molecule has 0 bridgehead atoms. The maximum absolute atomic E-state index is 5.97. The number of unbranched alkanes of at least 4 members (excludes halogenated alkanes) is 1. The van der Waals surface area contributed by atoms with Crippen LogP contribution in [0.4, 0.5) is 0 Å². The highest BCUT2D eigenvalue weighted by molar-refractivity contribution is 7.99. The zero-order valence-corrected chi connectivity index (χ0v) is 11.8. The van der Waals surface area contributed by atoms with Gasteiger partial charge in [0.15, 0.2) is 5.82 Å². The number of nitrogens with zero attached hydrogens (tertiary/aromatic N) is 2. The van der Waals surface area contributed by atoms with E-state index < -0.39 is 0 Å². The van der Waals surface area contributed by atoms with Gasteiger partial charge in [0.25, 0.3) is 0 Å². The normalized spacial score (nSPS) is 14.8. The first kappa shape index (κ1) is 14.5. The van der Waals surface area contributed by atoms with E-state index in [0.717, 1.165) is 37.3 Å². The van der Waals surface area contributed by atoms with Gasteiger partial charge >= 0.3 is 0 Å². The van der Waals surface area contributed by atoms with Crippen molar-refractivity contribution >= 4 is 11.8 Å². The fraction of sp³-hybridized carbons (Fsp3) is 0.833. The van der Waals surface area contributed by atoms with Gasteiger partial charge in [-0.25, -0.2) is 0 Å². The summed E-state index contributed by atoms with van der Waals surface area (Å²) >= 11 is 1.85. The molecule has 0 aliphatic rings. The van der Waals surface area contributed by atoms with Crippen LogP contribution in [0.2, 0.25) is 0 Å². The molecule has 0 aromatic carbocycles. The van der Waals surface area contributed by atoms with Gasteiger partial charge in [-0.1, -0.05) is 38.8 Å². The summed E-state index contributed by atoms with van der Waals surface area (Å²) in [5.74, 6) is 2.15. The lowest BCUT2D eigenvalue weighted by Gasteiger charge is -2.05. The van der Waals surface area contributed by atoms with Crippen LogP contribution in [0.1, 0.15) is 64.2 Å². The van der Waals surface area contributed by atoms with Gasteiger partial charge in [0.2, 0.25) is 5.89 Å². The zero-order valence-electron chi connectivity index (χ0n) is 11.0. The Morgan fingerprint density at radius 2 is 2.18 bits per heavy atom. The van der Waals surface area contributed by atoms with Gasteiger partial charge < -0.3 is 10.3 Å². The number of aromatic nitrogens is 2. The van der Waals surface area contributed by atoms with E-state index in [-0.39, 0.29) is 6.04 Å². The third kappa shape index (κ3) is 5.08. The van der Waals surface area contributed by atoms with Crippen LogP contribution in [0.3, 0.4) is 0 Å². The summed E-state index contributed by atoms with van der Waals surface area (Å²) in [6, 6.07) is -0.107. The smallest absolute Gasteiger partial charge is 0.243 e. The molecule has 0 radical (unpaired) electrons. The quantitative estimate of drug-likeness (QED) is 0.774. The van der Waals surface area contributed by atoms with Crippen molar-refractivity contribution in [1.82, 2.24) is 10.1 Å². The van der Waals surface area contributed by atoms with Crippen molar-refractivity contribution in [3.63, 3.8) is 0 Å². The summed E-state index contributed by atoms with van der Waals surface area (Å²) < 4.78 is 5.19. The topological polar surface area (TPSA) is 64.9 Å². The Balaban J connectivity index is 2.41. The molecule has 0 spiro atoms. The summed E-state index contributed by atoms with van der Waals surface area (Å²) in [4.78, 5) is 4.35. The van der Waals surface area contributed by atoms with E-state index in [4.69, 9.17) is 10.3 Å². The molecular weight excluding hydrogens is 234 g/mol. The van der Waals surface area contributed by atoms with Crippen molar-refractivity contribution in [1.29, 1.82) is 0 Å². The Morgan fingerprint density at radius 1 is 1.41 bits per heavy atom. The summed E-state index contributed by atoms with van der Waals surface area (Å²) in [5.41, 5.74) is 5.97. The van der Waals surface area contributed by atoms with Gasteiger partial charge in [-0.05, 0) is 12.8 Å². The molecule has 98 valence electrons. The predicted molar refractivity (Wildman–Crippen MR) is 71.8 cm³/mol. The van der Waals surface area contributed by atoms with E-state index in [1.165, 1.54) is 0 Å². The maximum atomic E-state index is 5.97. The number of hydrogen-bond donors (Lipinski definition) is 1. The average molecular weight is 257 g/mol. The van der Waals surface area contributed by atoms with E-state index in [2.05, 4.69) is 30.9 Å². The maximum Gasteiger partial charge on any atom is 0.243 e. The van der Waals surface area contributed by atoms with Crippen molar-refractivity contribution in [2.45, 2.75) is 63.5 Å². The number of rotatable bonds is 8. The molecule has 1 heterocycles. The van der Waals surface area contributed by atoms with Gasteiger partial charge in [0.1, 0.15) is 0 Å². The molecule has 2 unspecified atom stereocenters. The van der Waals surface area contributed by atoms with Crippen LogP contribution in [0.15, 0.2) is 4.52 Å². The Labute approximate surface area is 108 Å². The third-order valence-electron chi connectivity index (χ3n) is 2.74. The Morgan fingerprint density at radius 3 is 2.82 bits per heavy atom. The second-order valence-corrected chi connectivity index (χ2v) is 5.75. The summed E-state index contributed by atoms with van der Waals surface area (Å²) in [7, 11) is 0. The Hall–Kier alpha value is -0.550. The van der Waals surface area contributed by atoms with Crippen LogP contribution in [0.25, 0.3) is 0 Å². The lowest BCUT2D eigenvalue weighted by atomic mass is 10.1. The minimum Gasteiger partial charge on any atom is -0.338 e. The minimum absolute atomic E-state index is 0.107. The van der Waals surface area contributed by atoms with Gasteiger partial charge in [0.05, 0.1) is 11.8 Å². The van der Waals surface area contributed by atoms with Crippen molar-refractivity contribution in [3.8, 4) is 0 Å². The molecule has 0 aliphatic heterocycles. The van der Waals surface area contributed by atoms with Crippen LogP contribution >= 0.6 is 11.8 Å². The molecule has 0 aliphatic carbocycles. The number of hydrogen-bond acceptors (Lipinski definition) is 5. The first-order valence-corrected chi connectivity index (χ1v) is 7.41. The Bertz CT molecular complexity index is 316. The van der Waals surface area contributed by atoms with Crippen molar-refractivity contribution in [2.24, 2.45) is 5.73 Å². The van der Waals surface area contributed by atoms with Gasteiger partial charge in [0, 0.05) is 5.25 Å². The molecule has 2 atom stereocenters. The van der Waals surface area contributed by atoms with Crippen LogP contribution in [0, 0.1) is 0 Å². The monoisotopic (exact) mass is 257 g/mol. The molecule has 4 nitrogen and oxygen atoms in total. The van der Waals surface area contributed by atoms with Crippen molar-refractivity contribution in [3.05, 3.63) is 11.7 Å². The van der Waals surface area contributed by atoms with Crippen LogP contribution < -0.4 is 5.73 Å². The van der Waals surface area contributed by atoms with Crippen molar-refractivity contribution in [2.75, 3.05) is 0 Å². The Kier molecular flexibility index (Phi) is 6.58. The van der Waals surface area contributed by atoms with Gasteiger partial charge in [-0.15, -0.1) is 0 Å². The fourth-order valence-electron chi connectivity index (χ4n) is 1.36. The molecule has 0 amide bonds. The second kappa shape index (κ2) is 7.71. The summed E-state index contributed by atoms with van der Waals surface area (Å²) in [5, 5.41) is 4.59. The molecule has 5 heteroatoms. The van der Waals surface area contributed by atoms with Gasteiger partial charge in [-0.2, -0.15) is 16.7 Å². The number of thioether (sulfide) groups is 1. The van der Waals surface area contributed by atoms with Crippen LogP contribution in [0.5, 0.6) is 0 Å². The highest BCUT2D eigenvalue weighted by Crippen LogP contribution is 2.20. The SMILES string of the molecule is CCCCC(N)c1nc(CSC(C)CC)no1. The molecule has 1 aromatic heterocycles. The predicted octanol–water partition coefficient (Wildman–Crippen LogP) is 3.29. The molecular formula is C12H23N3OS. The van der Waals surface area contributed by atoms with E-state index in [0.29, 0.717) is 11.1 Å². The molecule has 0 saturated heterocycles. The molecule has 0 fully saturated rings. The summed E-state index contributed by atoms with van der Waals surface area (Å²) in [6.45, 7) is 6.54. The molecule has 1 aromatic rings. The zero-order chi connectivity index (χ0) is 12.7. The lowest BCUT2D eigenvalue weighted by molar-refractivity contribution is 0.343. The van der Waals surface area contributed by atoms with Crippen LogP contribution in [-0.4, -0.2) is 15.4 Å². The lowest BCUT2D eigenvalue weighted by Crippen LogP contribution is -2.10. The van der Waals surface area contributed by atoms with E-state index in [1.807, 2.05) is 11.8 Å². The summed E-state index contributed by atoms with van der Waals surface area (Å²) in [6.07, 6.45) is 4.31. The number of nitrogens with two attached hydrogens (primary N) is 1. The van der Waals surface area contributed by atoms with Crippen LogP contribution in [-0.2, 0) is 5.75 Å². The van der Waals surface area contributed by atoms with E-state index >= 15 is 0 Å². The fourth-order valence-corrected chi connectivity index (χ4v) is 2.15. The third-order valence-corrected chi connectivity index (χ3v) is 4.07. The highest BCUT2D eigenvalue weighted by Gasteiger charge is 2.14. The molecule has 2 N–H and O–H groups in total. The average Bonchev–Trinajstić information content (AvgIpc) is 2.81. The molecule has 1 rings (SSSR count). The molecule has 0 saturated carbocycles. The first-order chi connectivity index (χ1) is 8.17.